The average Bonchev–Trinajstić information content (AvgIpc) is 2.58. The first-order valence-corrected chi connectivity index (χ1v) is 7.97. The molecule has 0 amide bonds. The van der Waals surface area contributed by atoms with E-state index >= 15 is 0 Å². The standard InChI is InChI=1S/C20H16F4O/c1-2-3-12-8-18(22)16(19(23)9-12)11-25-14-5-6-15-13(10-14)4-7-17(21)20(15)24/h4-10H,2-3,11H2,1H3. The smallest absolute Gasteiger partial charge is 0.166 e. The molecule has 25 heavy (non-hydrogen) atoms. The monoisotopic (exact) mass is 348 g/mol. The molecule has 0 atom stereocenters. The van der Waals surface area contributed by atoms with E-state index in [0.717, 1.165) is 12.5 Å². The quantitative estimate of drug-likeness (QED) is 0.520. The van der Waals surface area contributed by atoms with Crippen LogP contribution in [0.15, 0.2) is 42.5 Å². The molecule has 0 heterocycles. The predicted octanol–water partition coefficient (Wildman–Crippen LogP) is 5.93. The van der Waals surface area contributed by atoms with Crippen molar-refractivity contribution < 1.29 is 22.3 Å². The van der Waals surface area contributed by atoms with Crippen LogP contribution in [0.1, 0.15) is 24.5 Å². The molecular weight excluding hydrogens is 332 g/mol. The lowest BCUT2D eigenvalue weighted by atomic mass is 10.1. The Labute approximate surface area is 142 Å². The van der Waals surface area contributed by atoms with Gasteiger partial charge in [0, 0.05) is 5.39 Å². The van der Waals surface area contributed by atoms with Crippen LogP contribution >= 0.6 is 0 Å². The highest BCUT2D eigenvalue weighted by atomic mass is 19.2. The molecular formula is C20H16F4O. The molecule has 0 aliphatic carbocycles. The van der Waals surface area contributed by atoms with Crippen LogP contribution in [-0.4, -0.2) is 0 Å². The number of hydrogen-bond acceptors (Lipinski definition) is 1. The lowest BCUT2D eigenvalue weighted by Gasteiger charge is -2.11. The average molecular weight is 348 g/mol. The van der Waals surface area contributed by atoms with Gasteiger partial charge in [0.2, 0.25) is 0 Å². The zero-order valence-electron chi connectivity index (χ0n) is 13.6. The molecule has 0 saturated carbocycles. The summed E-state index contributed by atoms with van der Waals surface area (Å²) >= 11 is 0. The van der Waals surface area contributed by atoms with Crippen LogP contribution in [0.25, 0.3) is 10.8 Å². The third kappa shape index (κ3) is 3.60. The Hall–Kier alpha value is -2.56. The van der Waals surface area contributed by atoms with Crippen LogP contribution in [-0.2, 0) is 13.0 Å². The number of aryl methyl sites for hydroxylation is 1. The first-order valence-electron chi connectivity index (χ1n) is 7.97. The van der Waals surface area contributed by atoms with Gasteiger partial charge in [0.25, 0.3) is 0 Å². The van der Waals surface area contributed by atoms with E-state index in [4.69, 9.17) is 4.74 Å². The SMILES string of the molecule is CCCc1cc(F)c(COc2ccc3c(F)c(F)ccc3c2)c(F)c1. The molecule has 3 aromatic rings. The summed E-state index contributed by atoms with van der Waals surface area (Å²) in [5, 5.41) is 0.560. The van der Waals surface area contributed by atoms with Crippen molar-refractivity contribution in [1.82, 2.24) is 0 Å². The fourth-order valence-corrected chi connectivity index (χ4v) is 2.72. The van der Waals surface area contributed by atoms with E-state index in [0.29, 0.717) is 23.1 Å². The lowest BCUT2D eigenvalue weighted by Crippen LogP contribution is -2.03. The summed E-state index contributed by atoms with van der Waals surface area (Å²) in [6.07, 6.45) is 1.39. The molecule has 3 rings (SSSR count). The number of hydrogen-bond donors (Lipinski definition) is 0. The van der Waals surface area contributed by atoms with Crippen molar-refractivity contribution in [2.75, 3.05) is 0 Å². The molecule has 0 fully saturated rings. The Balaban J connectivity index is 1.82. The van der Waals surface area contributed by atoms with Gasteiger partial charge >= 0.3 is 0 Å². The maximum absolute atomic E-state index is 14.1. The molecule has 0 bridgehead atoms. The van der Waals surface area contributed by atoms with Gasteiger partial charge in [-0.05, 0) is 53.8 Å². The minimum Gasteiger partial charge on any atom is -0.489 e. The fourth-order valence-electron chi connectivity index (χ4n) is 2.72. The summed E-state index contributed by atoms with van der Waals surface area (Å²) in [7, 11) is 0. The van der Waals surface area contributed by atoms with E-state index < -0.39 is 23.3 Å². The lowest BCUT2D eigenvalue weighted by molar-refractivity contribution is 0.293. The second-order valence-corrected chi connectivity index (χ2v) is 5.82. The second-order valence-electron chi connectivity index (χ2n) is 5.82. The van der Waals surface area contributed by atoms with Gasteiger partial charge in [-0.2, -0.15) is 0 Å². The highest BCUT2D eigenvalue weighted by Crippen LogP contribution is 2.26. The Kier molecular flexibility index (Phi) is 4.93. The second kappa shape index (κ2) is 7.13. The van der Waals surface area contributed by atoms with Gasteiger partial charge in [0.1, 0.15) is 24.0 Å². The van der Waals surface area contributed by atoms with E-state index in [-0.39, 0.29) is 17.6 Å². The maximum atomic E-state index is 14.1. The molecule has 0 N–H and O–H groups in total. The van der Waals surface area contributed by atoms with E-state index in [1.54, 1.807) is 0 Å². The number of halogens is 4. The highest BCUT2D eigenvalue weighted by molar-refractivity contribution is 5.84. The van der Waals surface area contributed by atoms with Crippen LogP contribution in [0.4, 0.5) is 17.6 Å². The number of fused-ring (bicyclic) bond motifs is 1. The molecule has 0 aliphatic heterocycles. The number of ether oxygens (including phenoxy) is 1. The van der Waals surface area contributed by atoms with Crippen molar-refractivity contribution >= 4 is 10.8 Å². The van der Waals surface area contributed by atoms with Crippen molar-refractivity contribution in [3.63, 3.8) is 0 Å². The third-order valence-electron chi connectivity index (χ3n) is 4.00. The van der Waals surface area contributed by atoms with Gasteiger partial charge in [0.05, 0.1) is 5.56 Å². The molecule has 0 radical (unpaired) electrons. The topological polar surface area (TPSA) is 9.23 Å². The molecule has 0 unspecified atom stereocenters. The summed E-state index contributed by atoms with van der Waals surface area (Å²) in [5.41, 5.74) is 0.440. The van der Waals surface area contributed by atoms with Crippen molar-refractivity contribution in [2.45, 2.75) is 26.4 Å². The highest BCUT2D eigenvalue weighted by Gasteiger charge is 2.13. The van der Waals surface area contributed by atoms with Crippen LogP contribution in [0.3, 0.4) is 0 Å². The van der Waals surface area contributed by atoms with E-state index in [1.807, 2.05) is 6.92 Å². The molecule has 0 aromatic heterocycles. The molecule has 0 saturated heterocycles. The molecule has 5 heteroatoms. The van der Waals surface area contributed by atoms with E-state index in [9.17, 15) is 17.6 Å². The van der Waals surface area contributed by atoms with Crippen molar-refractivity contribution in [3.05, 3.63) is 76.9 Å². The predicted molar refractivity (Wildman–Crippen MR) is 88.5 cm³/mol. The minimum atomic E-state index is -0.937. The van der Waals surface area contributed by atoms with Crippen molar-refractivity contribution in [2.24, 2.45) is 0 Å². The number of rotatable bonds is 5. The maximum Gasteiger partial charge on any atom is 0.166 e. The van der Waals surface area contributed by atoms with Crippen LogP contribution < -0.4 is 4.74 Å². The fraction of sp³-hybridized carbons (Fsp3) is 0.200. The summed E-state index contributed by atoms with van der Waals surface area (Å²) in [4.78, 5) is 0. The molecule has 3 aromatic carbocycles. The Bertz CT molecular complexity index is 898. The largest absolute Gasteiger partial charge is 0.489 e. The molecule has 0 aliphatic rings. The van der Waals surface area contributed by atoms with Crippen LogP contribution in [0, 0.1) is 23.3 Å². The van der Waals surface area contributed by atoms with E-state index in [1.165, 1.54) is 36.4 Å². The summed E-state index contributed by atoms with van der Waals surface area (Å²) in [6.45, 7) is 1.64. The Morgan fingerprint density at radius 2 is 1.56 bits per heavy atom. The molecule has 0 spiro atoms. The van der Waals surface area contributed by atoms with Crippen LogP contribution in [0.2, 0.25) is 0 Å². The zero-order chi connectivity index (χ0) is 18.0. The first-order chi connectivity index (χ1) is 12.0. The van der Waals surface area contributed by atoms with Crippen LogP contribution in [0.5, 0.6) is 5.75 Å². The van der Waals surface area contributed by atoms with Gasteiger partial charge in [-0.1, -0.05) is 19.4 Å². The minimum absolute atomic E-state index is 0.119. The van der Waals surface area contributed by atoms with Gasteiger partial charge in [-0.3, -0.25) is 0 Å². The van der Waals surface area contributed by atoms with Gasteiger partial charge in [0.15, 0.2) is 11.6 Å². The summed E-state index contributed by atoms with van der Waals surface area (Å²) in [6, 6.07) is 9.37. The van der Waals surface area contributed by atoms with Gasteiger partial charge in [-0.15, -0.1) is 0 Å². The Morgan fingerprint density at radius 3 is 2.24 bits per heavy atom. The zero-order valence-corrected chi connectivity index (χ0v) is 13.6. The van der Waals surface area contributed by atoms with Crippen molar-refractivity contribution in [3.8, 4) is 5.75 Å². The van der Waals surface area contributed by atoms with E-state index in [2.05, 4.69) is 0 Å². The molecule has 1 nitrogen and oxygen atoms in total. The van der Waals surface area contributed by atoms with Gasteiger partial charge < -0.3 is 4.74 Å². The summed E-state index contributed by atoms with van der Waals surface area (Å²) < 4.78 is 60.5. The number of benzene rings is 3. The Morgan fingerprint density at radius 1 is 0.840 bits per heavy atom. The molecule has 130 valence electrons. The first kappa shape index (κ1) is 17.3. The normalized spacial score (nSPS) is 11.1. The summed E-state index contributed by atoms with van der Waals surface area (Å²) in [5.74, 6) is -2.87. The van der Waals surface area contributed by atoms with Gasteiger partial charge in [-0.25, -0.2) is 17.6 Å². The third-order valence-corrected chi connectivity index (χ3v) is 4.00. The van der Waals surface area contributed by atoms with Crippen molar-refractivity contribution in [1.29, 1.82) is 0 Å².